The summed E-state index contributed by atoms with van der Waals surface area (Å²) in [5, 5.41) is 26.6. The lowest BCUT2D eigenvalue weighted by atomic mass is 9.48. The molecule has 2 aromatic rings. The summed E-state index contributed by atoms with van der Waals surface area (Å²) in [6.45, 7) is 3.91. The maximum atomic E-state index is 13.4. The number of nitrogens with one attached hydrogen (secondary N) is 1. The van der Waals surface area contributed by atoms with E-state index in [0.29, 0.717) is 24.2 Å². The number of nitrogens with zero attached hydrogens (tertiary/aromatic N) is 2. The number of pyridine rings is 1. The Morgan fingerprint density at radius 3 is 2.86 bits per heavy atom. The molecule has 5 aliphatic rings. The minimum Gasteiger partial charge on any atom is -0.504 e. The van der Waals surface area contributed by atoms with Gasteiger partial charge in [0.05, 0.1) is 22.6 Å². The number of hydrogen-bond acceptors (Lipinski definition) is 5. The van der Waals surface area contributed by atoms with E-state index in [9.17, 15) is 15.0 Å². The number of piperidine rings is 1. The second kappa shape index (κ2) is 7.20. The lowest BCUT2D eigenvalue weighted by Crippen LogP contribution is -2.78. The fourth-order valence-electron chi connectivity index (χ4n) is 7.87. The van der Waals surface area contributed by atoms with Crippen LogP contribution in [0.1, 0.15) is 59.2 Å². The zero-order chi connectivity index (χ0) is 24.1. The molecule has 7 rings (SSSR count). The molecule has 1 aromatic carbocycles. The third-order valence-electron chi connectivity index (χ3n) is 9.62. The lowest BCUT2D eigenvalue weighted by molar-refractivity contribution is -0.671. The number of carbonyl (C=O) groups excluding carboxylic acids is 1. The molecule has 1 spiro atoms. The molecule has 3 heterocycles. The molecule has 2 saturated carbocycles. The highest BCUT2D eigenvalue weighted by Gasteiger charge is 2.73. The van der Waals surface area contributed by atoms with Crippen LogP contribution in [0.2, 0.25) is 0 Å². The van der Waals surface area contributed by atoms with Crippen LogP contribution in [0.5, 0.6) is 11.5 Å². The van der Waals surface area contributed by atoms with Crippen LogP contribution in [0.15, 0.2) is 30.6 Å². The molecular formula is C28H34N3O4+. The largest absolute Gasteiger partial charge is 0.504 e. The number of aromatic hydroxyl groups is 1. The molecule has 2 bridgehead atoms. The second-order valence-electron chi connectivity index (χ2n) is 11.6. The molecular weight excluding hydrogens is 442 g/mol. The number of benzene rings is 1. The topological polar surface area (TPSA) is 85.9 Å². The Balaban J connectivity index is 1.29. The Morgan fingerprint density at radius 2 is 2.09 bits per heavy atom. The summed E-state index contributed by atoms with van der Waals surface area (Å²) in [6.07, 6.45) is 8.81. The molecule has 7 nitrogen and oxygen atoms in total. The Morgan fingerprint density at radius 1 is 1.26 bits per heavy atom. The Kier molecular flexibility index (Phi) is 4.45. The van der Waals surface area contributed by atoms with Crippen LogP contribution in [-0.4, -0.2) is 57.9 Å². The van der Waals surface area contributed by atoms with Crippen LogP contribution < -0.4 is 14.6 Å². The van der Waals surface area contributed by atoms with Gasteiger partial charge in [0.2, 0.25) is 0 Å². The van der Waals surface area contributed by atoms with Crippen molar-refractivity contribution >= 4 is 5.91 Å². The molecule has 3 N–H and O–H groups in total. The van der Waals surface area contributed by atoms with E-state index < -0.39 is 17.1 Å². The Labute approximate surface area is 205 Å². The van der Waals surface area contributed by atoms with Crippen LogP contribution in [0.3, 0.4) is 0 Å². The van der Waals surface area contributed by atoms with Crippen molar-refractivity contribution in [3.05, 3.63) is 52.8 Å². The second-order valence-corrected chi connectivity index (χ2v) is 11.6. The zero-order valence-corrected chi connectivity index (χ0v) is 20.5. The SMILES string of the molecule is Cc1c[n+](C)ccc1C(=O)N[C@@H]1CC[C@@]2(O)[C@H]3Cc4ccc(O)c5c4[C@@]2(CCN3CC2CC2)[C@H]1O5. The fraction of sp³-hybridized carbons (Fsp3) is 0.571. The van der Waals surface area contributed by atoms with Crippen LogP contribution in [0.4, 0.5) is 0 Å². The number of rotatable bonds is 4. The number of ether oxygens (including phenoxy) is 1. The average Bonchev–Trinajstić information content (AvgIpc) is 3.56. The predicted octanol–water partition coefficient (Wildman–Crippen LogP) is 1.89. The highest BCUT2D eigenvalue weighted by atomic mass is 16.5. The van der Waals surface area contributed by atoms with Crippen LogP contribution in [0.25, 0.3) is 0 Å². The normalized spacial score (nSPS) is 34.8. The molecule has 0 radical (unpaired) electrons. The highest BCUT2D eigenvalue weighted by molar-refractivity contribution is 5.95. The van der Waals surface area contributed by atoms with Gasteiger partial charge in [-0.3, -0.25) is 9.69 Å². The number of likely N-dealkylation sites (tertiary alicyclic amines) is 1. The summed E-state index contributed by atoms with van der Waals surface area (Å²) in [7, 11) is 1.94. The summed E-state index contributed by atoms with van der Waals surface area (Å²) in [6, 6.07) is 5.39. The third-order valence-corrected chi connectivity index (χ3v) is 9.62. The smallest absolute Gasteiger partial charge is 0.252 e. The van der Waals surface area contributed by atoms with E-state index in [4.69, 9.17) is 4.74 Å². The van der Waals surface area contributed by atoms with Gasteiger partial charge in [0.1, 0.15) is 13.2 Å². The number of aliphatic hydroxyl groups is 1. The van der Waals surface area contributed by atoms with E-state index >= 15 is 0 Å². The molecule has 2 aliphatic heterocycles. The molecule has 35 heavy (non-hydrogen) atoms. The van der Waals surface area contributed by atoms with Gasteiger partial charge in [0.25, 0.3) is 5.91 Å². The Bertz CT molecular complexity index is 1240. The fourth-order valence-corrected chi connectivity index (χ4v) is 7.87. The molecule has 3 fully saturated rings. The molecule has 7 heteroatoms. The van der Waals surface area contributed by atoms with Crippen molar-refractivity contribution in [3.63, 3.8) is 0 Å². The first-order valence-electron chi connectivity index (χ1n) is 13.1. The minimum atomic E-state index is -0.936. The summed E-state index contributed by atoms with van der Waals surface area (Å²) in [5.74, 6) is 1.29. The maximum Gasteiger partial charge on any atom is 0.252 e. The molecule has 3 aliphatic carbocycles. The van der Waals surface area contributed by atoms with Gasteiger partial charge in [0.15, 0.2) is 23.9 Å². The Hall–Kier alpha value is -2.64. The van der Waals surface area contributed by atoms with Crippen LogP contribution in [-0.2, 0) is 18.9 Å². The number of phenolic OH excluding ortho intramolecular Hbond substituents is 1. The third kappa shape index (κ3) is 2.85. The van der Waals surface area contributed by atoms with Gasteiger partial charge >= 0.3 is 0 Å². The minimum absolute atomic E-state index is 0.0407. The number of hydrogen-bond donors (Lipinski definition) is 3. The predicted molar refractivity (Wildman–Crippen MR) is 128 cm³/mol. The summed E-state index contributed by atoms with van der Waals surface area (Å²) in [4.78, 5) is 15.9. The number of phenols is 1. The van der Waals surface area contributed by atoms with E-state index in [-0.39, 0.29) is 23.7 Å². The van der Waals surface area contributed by atoms with Crippen LogP contribution in [0, 0.1) is 12.8 Å². The molecule has 1 amide bonds. The van der Waals surface area contributed by atoms with E-state index in [1.807, 2.05) is 43.1 Å². The van der Waals surface area contributed by atoms with Gasteiger partial charge in [0, 0.05) is 29.8 Å². The quantitative estimate of drug-likeness (QED) is 0.587. The van der Waals surface area contributed by atoms with Gasteiger partial charge in [-0.1, -0.05) is 6.07 Å². The first-order chi connectivity index (χ1) is 16.8. The molecule has 5 atom stereocenters. The van der Waals surface area contributed by atoms with E-state index in [1.54, 1.807) is 6.07 Å². The van der Waals surface area contributed by atoms with Gasteiger partial charge in [-0.25, -0.2) is 4.57 Å². The highest BCUT2D eigenvalue weighted by Crippen LogP contribution is 2.65. The summed E-state index contributed by atoms with van der Waals surface area (Å²) < 4.78 is 8.49. The van der Waals surface area contributed by atoms with E-state index in [2.05, 4.69) is 10.2 Å². The van der Waals surface area contributed by atoms with Crippen molar-refractivity contribution in [2.24, 2.45) is 13.0 Å². The monoisotopic (exact) mass is 476 g/mol. The molecule has 1 saturated heterocycles. The van der Waals surface area contributed by atoms with Crippen molar-refractivity contribution < 1.29 is 24.3 Å². The maximum absolute atomic E-state index is 13.4. The van der Waals surface area contributed by atoms with E-state index in [0.717, 1.165) is 43.0 Å². The van der Waals surface area contributed by atoms with Crippen LogP contribution >= 0.6 is 0 Å². The molecule has 1 aromatic heterocycles. The summed E-state index contributed by atoms with van der Waals surface area (Å²) >= 11 is 0. The van der Waals surface area contributed by atoms with Crippen molar-refractivity contribution in [3.8, 4) is 11.5 Å². The molecule has 184 valence electrons. The van der Waals surface area contributed by atoms with Crippen molar-refractivity contribution in [1.82, 2.24) is 10.2 Å². The van der Waals surface area contributed by atoms with Gasteiger partial charge in [-0.15, -0.1) is 0 Å². The average molecular weight is 477 g/mol. The summed E-state index contributed by atoms with van der Waals surface area (Å²) in [5.41, 5.74) is 2.19. The molecule has 0 unspecified atom stereocenters. The first-order valence-corrected chi connectivity index (χ1v) is 13.1. The van der Waals surface area contributed by atoms with Crippen molar-refractivity contribution in [1.29, 1.82) is 0 Å². The first kappa shape index (κ1) is 21.6. The van der Waals surface area contributed by atoms with Crippen molar-refractivity contribution in [2.45, 2.75) is 74.7 Å². The zero-order valence-electron chi connectivity index (χ0n) is 20.5. The number of aromatic nitrogens is 1. The lowest BCUT2D eigenvalue weighted by Gasteiger charge is -2.64. The standard InChI is InChI=1S/C28H33N3O4/c1-16-14-30(2)11-8-19(16)26(33)29-20-7-9-28(34)22-13-18-5-6-21(32)24-23(18)27(28,25(20)35-24)10-12-31(22)15-17-3-4-17/h5-6,8,11,14,17,20,22,25,34H,3-4,7,9-10,12-13,15H2,1-2H3,(H-,29,32,33)/p+1/t20-,22-,25+,27+,28-/m1/s1. The number of aryl methyl sites for hydroxylation is 2. The van der Waals surface area contributed by atoms with E-state index in [1.165, 1.54) is 18.4 Å². The van der Waals surface area contributed by atoms with Gasteiger partial charge in [-0.2, -0.15) is 0 Å². The number of carbonyl (C=O) groups is 1. The number of amides is 1. The van der Waals surface area contributed by atoms with Gasteiger partial charge in [-0.05, 0) is 69.5 Å². The van der Waals surface area contributed by atoms with Gasteiger partial charge < -0.3 is 20.3 Å². The van der Waals surface area contributed by atoms with Crippen molar-refractivity contribution in [2.75, 3.05) is 13.1 Å².